The van der Waals surface area contributed by atoms with Crippen molar-refractivity contribution in [3.8, 4) is 11.8 Å². The molecule has 0 saturated heterocycles. The summed E-state index contributed by atoms with van der Waals surface area (Å²) in [6.45, 7) is 0.201. The van der Waals surface area contributed by atoms with Gasteiger partial charge in [0.1, 0.15) is 0 Å². The minimum atomic E-state index is -5.27. The normalized spacial score (nSPS) is 22.5. The second-order valence-electron chi connectivity index (χ2n) is 7.73. The van der Waals surface area contributed by atoms with Crippen molar-refractivity contribution in [3.63, 3.8) is 0 Å². The molecule has 1 aliphatic carbocycles. The summed E-state index contributed by atoms with van der Waals surface area (Å²) in [6, 6.07) is 1.98. The fraction of sp³-hybridized carbons (Fsp3) is 0.500. The number of halogens is 8. The number of hydrogen-bond acceptors (Lipinski definition) is 4. The average Bonchev–Trinajstić information content (AvgIpc) is 2.94. The first-order valence-corrected chi connectivity index (χ1v) is 9.06. The van der Waals surface area contributed by atoms with E-state index in [9.17, 15) is 49.8 Å². The van der Waals surface area contributed by atoms with Crippen LogP contribution in [-0.2, 0) is 14.3 Å². The van der Waals surface area contributed by atoms with Crippen molar-refractivity contribution in [1.29, 1.82) is 0 Å². The monoisotopic (exact) mass is 488 g/mol. The van der Waals surface area contributed by atoms with Crippen molar-refractivity contribution in [1.82, 2.24) is 0 Å². The van der Waals surface area contributed by atoms with Gasteiger partial charge in [0.2, 0.25) is 0 Å². The molecule has 1 N–H and O–H groups in total. The van der Waals surface area contributed by atoms with Gasteiger partial charge in [0, 0.05) is 24.0 Å². The van der Waals surface area contributed by atoms with E-state index in [1.807, 2.05) is 0 Å². The van der Waals surface area contributed by atoms with Crippen molar-refractivity contribution in [2.75, 3.05) is 6.61 Å². The molecule has 0 unspecified atom stereocenters. The summed E-state index contributed by atoms with van der Waals surface area (Å²) in [5.41, 5.74) is -5.48. The van der Waals surface area contributed by atoms with Crippen LogP contribution in [0.25, 0.3) is 0 Å². The topological polar surface area (TPSA) is 76.7 Å². The van der Waals surface area contributed by atoms with Crippen molar-refractivity contribution in [2.24, 2.45) is 16.7 Å². The Balaban J connectivity index is 2.37. The lowest BCUT2D eigenvalue weighted by atomic mass is 9.92. The Bertz CT molecular complexity index is 1010. The van der Waals surface area contributed by atoms with Gasteiger partial charge in [0.25, 0.3) is 6.43 Å². The van der Waals surface area contributed by atoms with Crippen molar-refractivity contribution in [3.05, 3.63) is 35.3 Å². The predicted octanol–water partition coefficient (Wildman–Crippen LogP) is 5.28. The molecule has 13 heteroatoms. The first-order chi connectivity index (χ1) is 14.9. The second kappa shape index (κ2) is 8.72. The minimum Gasteiger partial charge on any atom is -0.481 e. The maximum absolute atomic E-state index is 13.6. The smallest absolute Gasteiger partial charge is 0.422 e. The summed E-state index contributed by atoms with van der Waals surface area (Å²) < 4.78 is 111. The fourth-order valence-electron chi connectivity index (χ4n) is 3.77. The number of ether oxygens (including phenoxy) is 1. The Labute approximate surface area is 181 Å². The van der Waals surface area contributed by atoms with Gasteiger partial charge < -0.3 is 14.3 Å². The molecule has 0 spiro atoms. The van der Waals surface area contributed by atoms with Gasteiger partial charge in [0.05, 0.1) is 5.41 Å². The third kappa shape index (κ3) is 5.48. The number of allylic oxidation sites excluding steroid dienone is 1. The number of furan rings is 1. The molecule has 1 aromatic rings. The van der Waals surface area contributed by atoms with Crippen LogP contribution in [0.5, 0.6) is 0 Å². The molecule has 0 aliphatic heterocycles. The Morgan fingerprint density at radius 2 is 1.82 bits per heavy atom. The number of alkyl halides is 8. The highest BCUT2D eigenvalue weighted by Gasteiger charge is 2.78. The Kier molecular flexibility index (Phi) is 6.93. The van der Waals surface area contributed by atoms with Crippen LogP contribution in [0.3, 0.4) is 0 Å². The summed E-state index contributed by atoms with van der Waals surface area (Å²) in [6.07, 6.45) is -14.1. The zero-order chi connectivity index (χ0) is 25.4. The molecular weight excluding hydrogens is 472 g/mol. The molecule has 1 heterocycles. The molecule has 0 amide bonds. The highest BCUT2D eigenvalue weighted by molar-refractivity contribution is 5.86. The number of aliphatic carboxylic acids is 1. The van der Waals surface area contributed by atoms with E-state index in [4.69, 9.17) is 4.42 Å². The second-order valence-corrected chi connectivity index (χ2v) is 7.73. The molecule has 2 atom stereocenters. The van der Waals surface area contributed by atoms with Gasteiger partial charge in [-0.05, 0) is 23.5 Å². The van der Waals surface area contributed by atoms with Gasteiger partial charge in [-0.15, -0.1) is 0 Å². The van der Waals surface area contributed by atoms with Crippen LogP contribution in [0.15, 0.2) is 28.2 Å². The highest BCUT2D eigenvalue weighted by atomic mass is 19.4. The number of carbonyl (C=O) groups is 2. The Morgan fingerprint density at radius 1 is 1.21 bits per heavy atom. The summed E-state index contributed by atoms with van der Waals surface area (Å²) in [7, 11) is 0. The first-order valence-electron chi connectivity index (χ1n) is 9.06. The first kappa shape index (κ1) is 26.2. The van der Waals surface area contributed by atoms with Gasteiger partial charge in [-0.1, -0.05) is 19.8 Å². The molecule has 2 rings (SSSR count). The largest absolute Gasteiger partial charge is 0.481 e. The van der Waals surface area contributed by atoms with Crippen molar-refractivity contribution < 1.29 is 59.0 Å². The van der Waals surface area contributed by atoms with E-state index in [0.29, 0.717) is 0 Å². The van der Waals surface area contributed by atoms with Crippen LogP contribution < -0.4 is 0 Å². The lowest BCUT2D eigenvalue weighted by Crippen LogP contribution is -2.25. The standard InChI is InChI=1S/C20H16F8O5/c1-17(2)14(11(20(26,27)28)8-13(29)32-9-19(23,24)25)18(17,16(30)31)7-3-4-10-5-6-12(33-10)15(21)22/h5-6,8,14-15H,7,9H2,1-2H3,(H,30,31)/b11-8-/t14-,18-/m0/s1. The predicted molar refractivity (Wildman–Crippen MR) is 93.7 cm³/mol. The van der Waals surface area contributed by atoms with Gasteiger partial charge >= 0.3 is 24.3 Å². The summed E-state index contributed by atoms with van der Waals surface area (Å²) in [4.78, 5) is 23.5. The average molecular weight is 488 g/mol. The molecule has 33 heavy (non-hydrogen) atoms. The summed E-state index contributed by atoms with van der Waals surface area (Å²) >= 11 is 0. The fourth-order valence-corrected chi connectivity index (χ4v) is 3.77. The molecule has 1 aliphatic rings. The third-order valence-electron chi connectivity index (χ3n) is 5.37. The number of esters is 1. The van der Waals surface area contributed by atoms with Gasteiger partial charge in [-0.25, -0.2) is 13.6 Å². The molecule has 0 aromatic carbocycles. The Hall–Kier alpha value is -3.04. The van der Waals surface area contributed by atoms with E-state index < -0.39 is 71.8 Å². The number of carboxylic acids is 1. The van der Waals surface area contributed by atoms with E-state index in [0.717, 1.165) is 26.0 Å². The van der Waals surface area contributed by atoms with E-state index in [2.05, 4.69) is 16.6 Å². The minimum absolute atomic E-state index is 0.197. The van der Waals surface area contributed by atoms with E-state index in [1.165, 1.54) is 0 Å². The molecule has 182 valence electrons. The molecule has 0 radical (unpaired) electrons. The van der Waals surface area contributed by atoms with Crippen LogP contribution in [0.1, 0.15) is 38.2 Å². The van der Waals surface area contributed by atoms with E-state index in [-0.39, 0.29) is 11.8 Å². The molecule has 1 saturated carbocycles. The van der Waals surface area contributed by atoms with Gasteiger partial charge in [-0.2, -0.15) is 26.3 Å². The van der Waals surface area contributed by atoms with E-state index in [1.54, 1.807) is 0 Å². The number of carbonyl (C=O) groups excluding carboxylic acids is 1. The summed E-state index contributed by atoms with van der Waals surface area (Å²) in [5.74, 6) is -1.93. The molecule has 5 nitrogen and oxygen atoms in total. The van der Waals surface area contributed by atoms with Crippen LogP contribution >= 0.6 is 0 Å². The number of hydrogen-bond donors (Lipinski definition) is 1. The van der Waals surface area contributed by atoms with E-state index >= 15 is 0 Å². The van der Waals surface area contributed by atoms with Crippen LogP contribution in [0.4, 0.5) is 35.1 Å². The van der Waals surface area contributed by atoms with Gasteiger partial charge in [-0.3, -0.25) is 4.79 Å². The van der Waals surface area contributed by atoms with Crippen LogP contribution in [-0.4, -0.2) is 36.0 Å². The molecule has 1 fully saturated rings. The zero-order valence-electron chi connectivity index (χ0n) is 16.9. The van der Waals surface area contributed by atoms with Crippen molar-refractivity contribution >= 4 is 11.9 Å². The molecular formula is C20H16F8O5. The van der Waals surface area contributed by atoms with Gasteiger partial charge in [0.15, 0.2) is 18.1 Å². The lowest BCUT2D eigenvalue weighted by Gasteiger charge is -2.15. The van der Waals surface area contributed by atoms with Crippen LogP contribution in [0.2, 0.25) is 0 Å². The highest BCUT2D eigenvalue weighted by Crippen LogP contribution is 2.74. The molecule has 0 bridgehead atoms. The zero-order valence-corrected chi connectivity index (χ0v) is 16.9. The molecule has 1 aromatic heterocycles. The third-order valence-corrected chi connectivity index (χ3v) is 5.37. The maximum atomic E-state index is 13.6. The van der Waals surface area contributed by atoms with Crippen LogP contribution in [0, 0.1) is 28.6 Å². The summed E-state index contributed by atoms with van der Waals surface area (Å²) in [5, 5.41) is 9.69. The number of rotatable bonds is 6. The maximum Gasteiger partial charge on any atom is 0.422 e. The lowest BCUT2D eigenvalue weighted by molar-refractivity contribution is -0.183. The SMILES string of the molecule is CC1(C)[C@H](/C(=C/C(=O)OCC(F)(F)F)C(F)(F)F)[C@@]1(CC#Cc1ccc(C(F)F)o1)C(=O)O. The number of carboxylic acid groups (broad SMARTS) is 1. The Morgan fingerprint density at radius 3 is 2.27 bits per heavy atom. The van der Waals surface area contributed by atoms with Crippen molar-refractivity contribution in [2.45, 2.75) is 39.0 Å². The quantitative estimate of drug-likeness (QED) is 0.255.